The number of rotatable bonds is 6. The molecule has 0 unspecified atom stereocenters. The highest BCUT2D eigenvalue weighted by Crippen LogP contribution is 2.25. The van der Waals surface area contributed by atoms with E-state index >= 15 is 0 Å². The van der Waals surface area contributed by atoms with Crippen molar-refractivity contribution in [2.75, 3.05) is 13.1 Å². The quantitative estimate of drug-likeness (QED) is 0.509. The summed E-state index contributed by atoms with van der Waals surface area (Å²) in [4.78, 5) is 49.4. The maximum absolute atomic E-state index is 12.1. The van der Waals surface area contributed by atoms with Crippen LogP contribution in [-0.2, 0) is 32.3 Å². The molecule has 4 atom stereocenters. The number of nitrogens with zero attached hydrogens (tertiary/aromatic N) is 2. The van der Waals surface area contributed by atoms with Gasteiger partial charge in [-0.3, -0.25) is 9.59 Å². The van der Waals surface area contributed by atoms with Gasteiger partial charge in [-0.1, -0.05) is 60.7 Å². The molecule has 0 aromatic heterocycles. The molecule has 0 radical (unpaired) electrons. The van der Waals surface area contributed by atoms with Crippen molar-refractivity contribution in [3.63, 3.8) is 0 Å². The normalized spacial score (nSPS) is 22.4. The van der Waals surface area contributed by atoms with E-state index in [-0.39, 0.29) is 25.3 Å². The fraction of sp³-hybridized carbons (Fsp3) is 0.467. The Bertz CT molecular complexity index is 1040. The van der Waals surface area contributed by atoms with Crippen molar-refractivity contribution in [2.45, 2.75) is 64.8 Å². The van der Waals surface area contributed by atoms with Crippen LogP contribution in [0.25, 0.3) is 0 Å². The van der Waals surface area contributed by atoms with Crippen LogP contribution in [0, 0.1) is 11.8 Å². The van der Waals surface area contributed by atoms with Gasteiger partial charge in [0.1, 0.15) is 13.2 Å². The molecule has 2 heterocycles. The Morgan fingerprint density at radius 2 is 1.02 bits per heavy atom. The molecule has 2 saturated heterocycles. The molecule has 2 aromatic rings. The molecule has 2 aliphatic rings. The topological polar surface area (TPSA) is 134 Å². The zero-order valence-electron chi connectivity index (χ0n) is 23.0. The Morgan fingerprint density at radius 1 is 0.675 bits per heavy atom. The summed E-state index contributed by atoms with van der Waals surface area (Å²) < 4.78 is 10.5. The second-order valence-electron chi connectivity index (χ2n) is 10.1. The minimum Gasteiger partial charge on any atom is -0.481 e. The van der Waals surface area contributed by atoms with Crippen LogP contribution in [0.5, 0.6) is 0 Å². The van der Waals surface area contributed by atoms with Gasteiger partial charge >= 0.3 is 24.1 Å². The molecule has 2 aliphatic heterocycles. The Morgan fingerprint density at radius 3 is 1.35 bits per heavy atom. The van der Waals surface area contributed by atoms with E-state index in [9.17, 15) is 19.2 Å². The van der Waals surface area contributed by atoms with Gasteiger partial charge in [0.05, 0.1) is 11.8 Å². The third kappa shape index (κ3) is 8.46. The molecule has 10 heteroatoms. The van der Waals surface area contributed by atoms with E-state index in [0.29, 0.717) is 38.8 Å². The summed E-state index contributed by atoms with van der Waals surface area (Å²) in [5, 5.41) is 18.3. The number of likely N-dealkylation sites (tertiary alicyclic amines) is 2. The molecular formula is C30H38N2O8. The van der Waals surface area contributed by atoms with Crippen LogP contribution >= 0.6 is 0 Å². The summed E-state index contributed by atoms with van der Waals surface area (Å²) in [6.07, 6.45) is 1.74. The predicted molar refractivity (Wildman–Crippen MR) is 146 cm³/mol. The van der Waals surface area contributed by atoms with Gasteiger partial charge in [0, 0.05) is 25.2 Å². The van der Waals surface area contributed by atoms with E-state index in [2.05, 4.69) is 0 Å². The lowest BCUT2D eigenvalue weighted by Gasteiger charge is -2.36. The fourth-order valence-corrected chi connectivity index (χ4v) is 5.07. The first-order valence-electron chi connectivity index (χ1n) is 13.6. The summed E-state index contributed by atoms with van der Waals surface area (Å²) in [7, 11) is 0. The molecule has 2 fully saturated rings. The molecule has 0 spiro atoms. The second-order valence-corrected chi connectivity index (χ2v) is 10.1. The highest BCUT2D eigenvalue weighted by atomic mass is 16.6. The van der Waals surface area contributed by atoms with E-state index in [1.807, 2.05) is 60.7 Å². The van der Waals surface area contributed by atoms with Crippen molar-refractivity contribution in [1.82, 2.24) is 9.80 Å². The maximum Gasteiger partial charge on any atom is 0.410 e. The zero-order valence-corrected chi connectivity index (χ0v) is 23.0. The zero-order chi connectivity index (χ0) is 29.1. The van der Waals surface area contributed by atoms with Gasteiger partial charge in [-0.15, -0.1) is 0 Å². The molecule has 0 aliphatic carbocycles. The third-order valence-corrected chi connectivity index (χ3v) is 7.49. The molecule has 2 N–H and O–H groups in total. The number of piperidine rings is 2. The van der Waals surface area contributed by atoms with Gasteiger partial charge in [0.2, 0.25) is 0 Å². The van der Waals surface area contributed by atoms with Crippen LogP contribution in [0.1, 0.15) is 50.7 Å². The number of carboxylic acid groups (broad SMARTS) is 2. The standard InChI is InChI=1S/2C15H19NO4/c2*1-11-13(14(17)18)8-5-9-16(11)15(19)20-10-12-6-3-2-4-7-12/h2*2-4,6-7,11,13H,5,8-10H2,1H3,(H,17,18)/t2*11-,13-/m10/s1. The molecular weight excluding hydrogens is 516 g/mol. The molecule has 0 bridgehead atoms. The van der Waals surface area contributed by atoms with Gasteiger partial charge in [0.15, 0.2) is 0 Å². The minimum atomic E-state index is -0.849. The summed E-state index contributed by atoms with van der Waals surface area (Å²) >= 11 is 0. The highest BCUT2D eigenvalue weighted by molar-refractivity contribution is 5.74. The lowest BCUT2D eigenvalue weighted by Crippen LogP contribution is -2.49. The van der Waals surface area contributed by atoms with Crippen LogP contribution in [0.4, 0.5) is 9.59 Å². The van der Waals surface area contributed by atoms with Gasteiger partial charge in [-0.05, 0) is 50.7 Å². The smallest absolute Gasteiger partial charge is 0.410 e. The molecule has 2 aromatic carbocycles. The number of ether oxygens (including phenoxy) is 2. The lowest BCUT2D eigenvalue weighted by atomic mass is 9.91. The van der Waals surface area contributed by atoms with Gasteiger partial charge in [-0.2, -0.15) is 0 Å². The maximum atomic E-state index is 12.1. The van der Waals surface area contributed by atoms with Crippen LogP contribution in [-0.4, -0.2) is 69.3 Å². The van der Waals surface area contributed by atoms with E-state index in [0.717, 1.165) is 11.1 Å². The molecule has 0 saturated carbocycles. The Kier molecular flexibility index (Phi) is 11.4. The van der Waals surface area contributed by atoms with E-state index < -0.39 is 36.0 Å². The van der Waals surface area contributed by atoms with Crippen LogP contribution in [0.3, 0.4) is 0 Å². The number of carbonyl (C=O) groups excluding carboxylic acids is 2. The van der Waals surface area contributed by atoms with Gasteiger partial charge in [-0.25, -0.2) is 9.59 Å². The first-order valence-corrected chi connectivity index (χ1v) is 13.6. The average molecular weight is 555 g/mol. The Balaban J connectivity index is 0.000000220. The van der Waals surface area contributed by atoms with Crippen molar-refractivity contribution in [2.24, 2.45) is 11.8 Å². The predicted octanol–water partition coefficient (Wildman–Crippen LogP) is 5.02. The first kappa shape index (κ1) is 30.5. The average Bonchev–Trinajstić information content (AvgIpc) is 2.96. The molecule has 2 amide bonds. The molecule has 40 heavy (non-hydrogen) atoms. The van der Waals surface area contributed by atoms with Crippen molar-refractivity contribution in [3.05, 3.63) is 71.8 Å². The van der Waals surface area contributed by atoms with E-state index in [1.54, 1.807) is 13.8 Å². The van der Waals surface area contributed by atoms with Crippen molar-refractivity contribution in [3.8, 4) is 0 Å². The highest BCUT2D eigenvalue weighted by Gasteiger charge is 2.37. The third-order valence-electron chi connectivity index (χ3n) is 7.49. The van der Waals surface area contributed by atoms with Crippen molar-refractivity contribution >= 4 is 24.1 Å². The van der Waals surface area contributed by atoms with Gasteiger partial charge < -0.3 is 29.5 Å². The Hall–Kier alpha value is -4.08. The largest absolute Gasteiger partial charge is 0.481 e. The molecule has 4 rings (SSSR count). The monoisotopic (exact) mass is 554 g/mol. The SMILES string of the molecule is C[C@@H]1[C@H](C(=O)O)CCCN1C(=O)OCc1ccccc1.C[C@H]1[C@@H](C(=O)O)CCCN1C(=O)OCc1ccccc1. The van der Waals surface area contributed by atoms with E-state index in [4.69, 9.17) is 19.7 Å². The van der Waals surface area contributed by atoms with E-state index in [1.165, 1.54) is 9.80 Å². The van der Waals surface area contributed by atoms with Crippen LogP contribution in [0.15, 0.2) is 60.7 Å². The van der Waals surface area contributed by atoms with Crippen molar-refractivity contribution in [1.29, 1.82) is 0 Å². The van der Waals surface area contributed by atoms with Crippen molar-refractivity contribution < 1.29 is 38.9 Å². The lowest BCUT2D eigenvalue weighted by molar-refractivity contribution is -0.146. The summed E-state index contributed by atoms with van der Waals surface area (Å²) in [5.41, 5.74) is 1.83. The number of amides is 2. The number of aliphatic carboxylic acids is 2. The molecule has 216 valence electrons. The van der Waals surface area contributed by atoms with Crippen LogP contribution in [0.2, 0.25) is 0 Å². The fourth-order valence-electron chi connectivity index (χ4n) is 5.07. The number of hydrogen-bond donors (Lipinski definition) is 2. The molecule has 10 nitrogen and oxygen atoms in total. The summed E-state index contributed by atoms with van der Waals surface area (Å²) in [5.74, 6) is -2.71. The summed E-state index contributed by atoms with van der Waals surface area (Å²) in [6.45, 7) is 5.06. The van der Waals surface area contributed by atoms with Gasteiger partial charge in [0.25, 0.3) is 0 Å². The second kappa shape index (κ2) is 14.9. The first-order chi connectivity index (χ1) is 19.2. The summed E-state index contributed by atoms with van der Waals surface area (Å²) in [6, 6.07) is 18.2. The Labute approximate surface area is 234 Å². The number of carbonyl (C=O) groups is 4. The number of benzene rings is 2. The number of hydrogen-bond acceptors (Lipinski definition) is 6. The number of carboxylic acids is 2. The minimum absolute atomic E-state index is 0.209. The van der Waals surface area contributed by atoms with Crippen LogP contribution < -0.4 is 0 Å².